The van der Waals surface area contributed by atoms with Gasteiger partial charge >= 0.3 is 12.1 Å². The van der Waals surface area contributed by atoms with Crippen LogP contribution in [0, 0.1) is 0 Å². The summed E-state index contributed by atoms with van der Waals surface area (Å²) in [6, 6.07) is 13.5. The van der Waals surface area contributed by atoms with E-state index >= 15 is 0 Å². The fourth-order valence-corrected chi connectivity index (χ4v) is 4.10. The van der Waals surface area contributed by atoms with Crippen molar-refractivity contribution >= 4 is 29.5 Å². The summed E-state index contributed by atoms with van der Waals surface area (Å²) in [6.07, 6.45) is -4.45. The molecule has 1 aliphatic heterocycles. The first kappa shape index (κ1) is 22.7. The molecule has 0 aliphatic carbocycles. The third-order valence-electron chi connectivity index (χ3n) is 4.48. The topological polar surface area (TPSA) is 75.7 Å². The van der Waals surface area contributed by atoms with E-state index in [2.05, 4.69) is 5.32 Å². The standard InChI is InChI=1S/C21H19F3N2O4S/c22-21(23,24)16-8-6-15(7-9-16)20-26(18(28)13-31-20)11-17(27)25-10-19(29)30-12-14-4-2-1-3-5-14/h1-9,20H,10-13H2,(H,25,27). The number of esters is 1. The van der Waals surface area contributed by atoms with E-state index in [1.165, 1.54) is 28.8 Å². The van der Waals surface area contributed by atoms with Crippen LogP contribution in [0.5, 0.6) is 0 Å². The lowest BCUT2D eigenvalue weighted by atomic mass is 10.1. The summed E-state index contributed by atoms with van der Waals surface area (Å²) in [6.45, 7) is -0.595. The predicted octanol–water partition coefficient (Wildman–Crippen LogP) is 3.14. The molecule has 31 heavy (non-hydrogen) atoms. The van der Waals surface area contributed by atoms with Crippen molar-refractivity contribution in [2.75, 3.05) is 18.8 Å². The SMILES string of the molecule is O=C(CN1C(=O)CSC1c1ccc(C(F)(F)F)cc1)NCC(=O)OCc1ccccc1. The maximum Gasteiger partial charge on any atom is 0.416 e. The van der Waals surface area contributed by atoms with Crippen molar-refractivity contribution in [3.8, 4) is 0 Å². The molecule has 3 rings (SSSR count). The third-order valence-corrected chi connectivity index (χ3v) is 5.73. The van der Waals surface area contributed by atoms with E-state index < -0.39 is 29.0 Å². The molecule has 1 unspecified atom stereocenters. The lowest BCUT2D eigenvalue weighted by Gasteiger charge is -2.24. The highest BCUT2D eigenvalue weighted by molar-refractivity contribution is 8.00. The van der Waals surface area contributed by atoms with Gasteiger partial charge in [0, 0.05) is 0 Å². The number of benzene rings is 2. The van der Waals surface area contributed by atoms with Crippen molar-refractivity contribution in [2.45, 2.75) is 18.2 Å². The van der Waals surface area contributed by atoms with Gasteiger partial charge in [-0.05, 0) is 23.3 Å². The van der Waals surface area contributed by atoms with Crippen molar-refractivity contribution < 1.29 is 32.3 Å². The Bertz CT molecular complexity index is 936. The molecule has 1 atom stereocenters. The Morgan fingerprint density at radius 2 is 1.77 bits per heavy atom. The van der Waals surface area contributed by atoms with Gasteiger partial charge in [0.1, 0.15) is 25.1 Å². The maximum absolute atomic E-state index is 12.7. The first-order valence-corrected chi connectivity index (χ1v) is 10.3. The fraction of sp³-hybridized carbons (Fsp3) is 0.286. The zero-order valence-electron chi connectivity index (χ0n) is 16.2. The van der Waals surface area contributed by atoms with Crippen molar-refractivity contribution in [3.63, 3.8) is 0 Å². The minimum absolute atomic E-state index is 0.0762. The van der Waals surface area contributed by atoms with Gasteiger partial charge in [-0.1, -0.05) is 42.5 Å². The number of ether oxygens (including phenoxy) is 1. The number of rotatable bonds is 7. The molecule has 0 saturated carbocycles. The van der Waals surface area contributed by atoms with Crippen LogP contribution in [-0.4, -0.2) is 41.5 Å². The van der Waals surface area contributed by atoms with E-state index in [0.717, 1.165) is 17.7 Å². The van der Waals surface area contributed by atoms with Gasteiger partial charge in [0.25, 0.3) is 0 Å². The molecule has 2 aromatic carbocycles. The summed E-state index contributed by atoms with van der Waals surface area (Å²) in [5, 5.41) is 1.82. The predicted molar refractivity (Wildman–Crippen MR) is 108 cm³/mol. The van der Waals surface area contributed by atoms with E-state index in [1.54, 1.807) is 12.1 Å². The summed E-state index contributed by atoms with van der Waals surface area (Å²) < 4.78 is 43.3. The zero-order chi connectivity index (χ0) is 22.4. The van der Waals surface area contributed by atoms with E-state index in [9.17, 15) is 27.6 Å². The highest BCUT2D eigenvalue weighted by Crippen LogP contribution is 2.39. The normalized spacial score (nSPS) is 16.3. The summed E-state index contributed by atoms with van der Waals surface area (Å²) in [7, 11) is 0. The van der Waals surface area contributed by atoms with Gasteiger partial charge < -0.3 is 15.0 Å². The van der Waals surface area contributed by atoms with Gasteiger partial charge in [-0.15, -0.1) is 11.8 Å². The second-order valence-corrected chi connectivity index (χ2v) is 7.80. The lowest BCUT2D eigenvalue weighted by Crippen LogP contribution is -2.41. The van der Waals surface area contributed by atoms with Crippen molar-refractivity contribution in [1.29, 1.82) is 0 Å². The van der Waals surface area contributed by atoms with Crippen LogP contribution in [-0.2, 0) is 31.9 Å². The second kappa shape index (κ2) is 9.86. The number of carbonyl (C=O) groups excluding carboxylic acids is 3. The van der Waals surface area contributed by atoms with Crippen LogP contribution in [0.2, 0.25) is 0 Å². The highest BCUT2D eigenvalue weighted by atomic mass is 32.2. The number of alkyl halides is 3. The number of hydrogen-bond acceptors (Lipinski definition) is 5. The smallest absolute Gasteiger partial charge is 0.416 e. The van der Waals surface area contributed by atoms with E-state index in [0.29, 0.717) is 5.56 Å². The van der Waals surface area contributed by atoms with Crippen LogP contribution in [0.1, 0.15) is 22.1 Å². The minimum Gasteiger partial charge on any atom is -0.460 e. The van der Waals surface area contributed by atoms with Crippen molar-refractivity contribution in [3.05, 3.63) is 71.3 Å². The van der Waals surface area contributed by atoms with Gasteiger partial charge in [-0.2, -0.15) is 13.2 Å². The average molecular weight is 452 g/mol. The quantitative estimate of drug-likeness (QED) is 0.654. The van der Waals surface area contributed by atoms with E-state index in [1.807, 2.05) is 18.2 Å². The number of amides is 2. The van der Waals surface area contributed by atoms with Gasteiger partial charge in [-0.3, -0.25) is 14.4 Å². The third kappa shape index (κ3) is 6.24. The molecule has 10 heteroatoms. The Morgan fingerprint density at radius 3 is 2.42 bits per heavy atom. The molecule has 1 N–H and O–H groups in total. The van der Waals surface area contributed by atoms with Gasteiger partial charge in [0.15, 0.2) is 0 Å². The number of nitrogens with one attached hydrogen (secondary N) is 1. The van der Waals surface area contributed by atoms with Gasteiger partial charge in [0.2, 0.25) is 11.8 Å². The molecule has 0 spiro atoms. The molecule has 2 aromatic rings. The molecule has 1 fully saturated rings. The monoisotopic (exact) mass is 452 g/mol. The number of thioether (sulfide) groups is 1. The van der Waals surface area contributed by atoms with Crippen molar-refractivity contribution in [2.24, 2.45) is 0 Å². The Balaban J connectivity index is 1.52. The fourth-order valence-electron chi connectivity index (χ4n) is 2.91. The molecule has 2 amide bonds. The molecule has 6 nitrogen and oxygen atoms in total. The Hall–Kier alpha value is -3.01. The van der Waals surface area contributed by atoms with Crippen LogP contribution in [0.25, 0.3) is 0 Å². The van der Waals surface area contributed by atoms with Crippen LogP contribution < -0.4 is 5.32 Å². The molecule has 0 bridgehead atoms. The minimum atomic E-state index is -4.45. The van der Waals surface area contributed by atoms with E-state index in [4.69, 9.17) is 4.74 Å². The highest BCUT2D eigenvalue weighted by Gasteiger charge is 2.35. The van der Waals surface area contributed by atoms with Crippen LogP contribution >= 0.6 is 11.8 Å². The van der Waals surface area contributed by atoms with Crippen LogP contribution in [0.4, 0.5) is 13.2 Å². The Morgan fingerprint density at radius 1 is 1.10 bits per heavy atom. The van der Waals surface area contributed by atoms with Gasteiger partial charge in [-0.25, -0.2) is 0 Å². The number of halogens is 3. The summed E-state index contributed by atoms with van der Waals surface area (Å²) in [5.41, 5.74) is 0.504. The molecule has 1 aliphatic rings. The first-order chi connectivity index (χ1) is 14.7. The van der Waals surface area contributed by atoms with Crippen molar-refractivity contribution in [1.82, 2.24) is 10.2 Å². The molecule has 164 valence electrons. The Kier molecular flexibility index (Phi) is 7.21. The molecule has 1 heterocycles. The lowest BCUT2D eigenvalue weighted by molar-refractivity contribution is -0.145. The molecule has 1 saturated heterocycles. The molecular weight excluding hydrogens is 433 g/mol. The van der Waals surface area contributed by atoms with Crippen LogP contribution in [0.15, 0.2) is 54.6 Å². The first-order valence-electron chi connectivity index (χ1n) is 9.28. The molecular formula is C21H19F3N2O4S. The number of nitrogens with zero attached hydrogens (tertiary/aromatic N) is 1. The number of carbonyl (C=O) groups is 3. The number of hydrogen-bond donors (Lipinski definition) is 1. The van der Waals surface area contributed by atoms with Crippen LogP contribution in [0.3, 0.4) is 0 Å². The summed E-state index contributed by atoms with van der Waals surface area (Å²) in [5.74, 6) is -1.39. The van der Waals surface area contributed by atoms with Gasteiger partial charge in [0.05, 0.1) is 11.3 Å². The van der Waals surface area contributed by atoms with E-state index in [-0.39, 0.29) is 31.4 Å². The largest absolute Gasteiger partial charge is 0.460 e. The summed E-state index contributed by atoms with van der Waals surface area (Å²) in [4.78, 5) is 37.5. The summed E-state index contributed by atoms with van der Waals surface area (Å²) >= 11 is 1.22. The molecule has 0 aromatic heterocycles. The zero-order valence-corrected chi connectivity index (χ0v) is 17.0. The Labute approximate surface area is 180 Å². The maximum atomic E-state index is 12.7. The average Bonchev–Trinajstić information content (AvgIpc) is 3.11. The molecule has 0 radical (unpaired) electrons. The second-order valence-electron chi connectivity index (χ2n) is 6.73.